The van der Waals surface area contributed by atoms with E-state index in [0.29, 0.717) is 26.4 Å². The van der Waals surface area contributed by atoms with Gasteiger partial charge in [0.15, 0.2) is 0 Å². The van der Waals surface area contributed by atoms with Gasteiger partial charge < -0.3 is 112 Å². The summed E-state index contributed by atoms with van der Waals surface area (Å²) in [6, 6.07) is 0. The molecule has 0 aliphatic carbocycles. The Balaban J connectivity index is -0.0000000338. The Hall–Kier alpha value is -0.653. The van der Waals surface area contributed by atoms with E-state index in [1.165, 1.54) is 9.82 Å². The first-order chi connectivity index (χ1) is 24.4. The van der Waals surface area contributed by atoms with Gasteiger partial charge >= 0.3 is 99.6 Å². The number of hydrogen-bond donors (Lipinski definition) is 0. The number of carbonyl (C=O) groups is 4. The Morgan fingerprint density at radius 1 is 0.383 bits per heavy atom. The molecule has 0 bridgehead atoms. The van der Waals surface area contributed by atoms with E-state index in [4.69, 9.17) is 41.1 Å². The van der Waals surface area contributed by atoms with Crippen LogP contribution in [0.2, 0.25) is 0 Å². The van der Waals surface area contributed by atoms with Crippen molar-refractivity contribution in [2.75, 3.05) is 79.3 Å². The molecule has 0 aliphatic rings. The number of nitrogens with zero attached hydrogens (tertiary/aromatic N) is 6. The van der Waals surface area contributed by atoms with Crippen LogP contribution < -0.4 is 40.9 Å². The zero-order chi connectivity index (χ0) is 45.0. The summed E-state index contributed by atoms with van der Waals surface area (Å²) in [5.41, 5.74) is 24.2. The molecule has 0 spiro atoms. The van der Waals surface area contributed by atoms with Gasteiger partial charge in [-0.2, -0.15) is 0 Å². The number of rotatable bonds is 14. The molecule has 24 nitrogen and oxygen atoms in total. The van der Waals surface area contributed by atoms with Crippen molar-refractivity contribution >= 4 is 23.9 Å². The molecule has 60 heavy (non-hydrogen) atoms. The SMILES string of the molecule is CC(C)(C)C(=O)[O-].CC(C)(C)C(=O)[O-].CC(C)(C)C(=O)[O-].CC(C)(C)C(=O)[O-].[Fe+3].[Fe+3].[N-]=[N+]=[N-].[N-]=[N+]=[N-].[O-]CCOCCOCC[O-].[O-]CCOCCOCC[O-].[OH-].[OH-].[Y+3].[Y+3]. The van der Waals surface area contributed by atoms with E-state index in [1.807, 2.05) is 0 Å². The minimum absolute atomic E-state index is 0. The molecule has 0 atom stereocenters. The molecule has 0 saturated carbocycles. The predicted octanol–water partition coefficient (Wildman–Crippen LogP) is -4.02. The van der Waals surface area contributed by atoms with Crippen molar-refractivity contribution in [2.45, 2.75) is 83.1 Å². The topological polar surface area (TPSA) is 467 Å². The fourth-order valence-corrected chi connectivity index (χ4v) is 0.880. The third kappa shape index (κ3) is 131. The van der Waals surface area contributed by atoms with Crippen molar-refractivity contribution in [3.05, 3.63) is 31.9 Å². The summed E-state index contributed by atoms with van der Waals surface area (Å²) < 4.78 is 19.2. The Morgan fingerprint density at radius 2 is 0.467 bits per heavy atom. The van der Waals surface area contributed by atoms with Crippen molar-refractivity contribution in [1.82, 2.24) is 0 Å². The number of carbonyl (C=O) groups excluding carboxylic acids is 4. The van der Waals surface area contributed by atoms with Crippen LogP contribution >= 0.6 is 0 Å². The van der Waals surface area contributed by atoms with Crippen LogP contribution in [0.4, 0.5) is 0 Å². The number of carboxylic acid groups (broad SMARTS) is 4. The smallest absolute Gasteiger partial charge is 0.870 e. The van der Waals surface area contributed by atoms with Gasteiger partial charge in [0.05, 0.1) is 26.4 Å². The number of hydrogen-bond acceptors (Lipinski definition) is 18. The molecule has 28 heteroatoms. The molecule has 0 fully saturated rings. The minimum Gasteiger partial charge on any atom is -0.870 e. The molecule has 0 unspecified atom stereocenters. The monoisotopic (exact) mass is 1110 g/mol. The molecule has 0 aromatic rings. The van der Waals surface area contributed by atoms with Crippen molar-refractivity contribution in [1.29, 1.82) is 0 Å². The zero-order valence-corrected chi connectivity index (χ0v) is 44.3. The molecule has 2 radical (unpaired) electrons. The van der Waals surface area contributed by atoms with Gasteiger partial charge in [-0.3, -0.25) is 9.82 Å². The molecular weight excluding hydrogens is 1050 g/mol. The van der Waals surface area contributed by atoms with Gasteiger partial charge in [-0.05, 0) is 0 Å². The fourth-order valence-electron chi connectivity index (χ4n) is 0.880. The van der Waals surface area contributed by atoms with Crippen LogP contribution in [-0.2, 0) is 138 Å². The zero-order valence-electron chi connectivity index (χ0n) is 36.5. The van der Waals surface area contributed by atoms with Crippen LogP contribution in [0.25, 0.3) is 31.9 Å². The number of ether oxygens (including phenoxy) is 4. The average Bonchev–Trinajstić information content (AvgIpc) is 3.01. The van der Waals surface area contributed by atoms with E-state index >= 15 is 0 Å². The van der Waals surface area contributed by atoms with Gasteiger partial charge in [0, 0.05) is 72.0 Å². The summed E-state index contributed by atoms with van der Waals surface area (Å²) in [5, 5.41) is 78.9. The standard InChI is InChI=1S/2C6H12O4.4C5H10O2.2Fe.2N3.2H2O.2Y/c2*7-1-3-9-5-6-10-4-2-8;4*1-5(2,3)4(6)7;;;2*1-3-2;;;;/h2*1-6H2;4*1-3H3,(H,6,7);;;;;2*1H2;;/q2*-2;;;;;2*+3;2*-1;;;2*+3/p-6. The molecule has 2 N–H and O–H groups in total. The van der Waals surface area contributed by atoms with Crippen LogP contribution in [0, 0.1) is 21.7 Å². The summed E-state index contributed by atoms with van der Waals surface area (Å²) in [6.45, 7) is 20.8. The van der Waals surface area contributed by atoms with Crippen molar-refractivity contribution < 1.29 is 189 Å². The van der Waals surface area contributed by atoms with Gasteiger partial charge in [0.25, 0.3) is 0 Å². The first kappa shape index (κ1) is 98.3. The average molecular weight is 1110 g/mol. The van der Waals surface area contributed by atoms with E-state index in [0.717, 1.165) is 0 Å². The molecule has 0 aromatic carbocycles. The second-order valence-electron chi connectivity index (χ2n) is 13.6. The van der Waals surface area contributed by atoms with E-state index in [2.05, 4.69) is 0 Å². The molecule has 0 aliphatic heterocycles. The van der Waals surface area contributed by atoms with Crippen LogP contribution in [-0.4, -0.2) is 114 Å². The second-order valence-corrected chi connectivity index (χ2v) is 13.6. The second kappa shape index (κ2) is 67.4. The van der Waals surface area contributed by atoms with Gasteiger partial charge in [-0.15, -0.1) is 26.4 Å². The van der Waals surface area contributed by atoms with E-state index in [1.54, 1.807) is 83.1 Å². The molecule has 0 aromatic heterocycles. The largest absolute Gasteiger partial charge is 3.00 e. The summed E-state index contributed by atoms with van der Waals surface area (Å²) in [6.07, 6.45) is 0. The Labute approximate surface area is 425 Å². The maximum atomic E-state index is 9.91. The maximum Gasteiger partial charge on any atom is 3.00 e. The van der Waals surface area contributed by atoms with Gasteiger partial charge in [-0.1, -0.05) is 83.1 Å². The van der Waals surface area contributed by atoms with Crippen molar-refractivity contribution in [2.24, 2.45) is 21.7 Å². The summed E-state index contributed by atoms with van der Waals surface area (Å²) >= 11 is 0. The predicted molar refractivity (Wildman–Crippen MR) is 185 cm³/mol. The molecule has 0 heterocycles. The van der Waals surface area contributed by atoms with Gasteiger partial charge in [0.2, 0.25) is 0 Å². The van der Waals surface area contributed by atoms with Crippen molar-refractivity contribution in [3.63, 3.8) is 0 Å². The molecule has 0 amide bonds. The first-order valence-electron chi connectivity index (χ1n) is 15.9. The van der Waals surface area contributed by atoms with E-state index in [9.17, 15) is 60.0 Å². The summed E-state index contributed by atoms with van der Waals surface area (Å²) in [5.74, 6) is -4.03. The quantitative estimate of drug-likeness (QED) is 0.0525. The van der Waals surface area contributed by atoms with Crippen LogP contribution in [0.1, 0.15) is 83.1 Å². The van der Waals surface area contributed by atoms with Gasteiger partial charge in [0.1, 0.15) is 0 Å². The number of carboxylic acids is 4. The fraction of sp³-hybridized carbons (Fsp3) is 0.875. The Morgan fingerprint density at radius 3 is 0.517 bits per heavy atom. The maximum absolute atomic E-state index is 9.91. The van der Waals surface area contributed by atoms with Crippen LogP contribution in [0.15, 0.2) is 0 Å². The molecule has 0 saturated heterocycles. The third-order valence-electron chi connectivity index (χ3n) is 4.10. The number of aliphatic carboxylic acids is 4. The molecule has 350 valence electrons. The normalized spacial score (nSPS) is 8.93. The Bertz CT molecular complexity index is 835. The van der Waals surface area contributed by atoms with Crippen molar-refractivity contribution in [3.8, 4) is 0 Å². The van der Waals surface area contributed by atoms with E-state index < -0.39 is 45.5 Å². The molecule has 0 rings (SSSR count). The van der Waals surface area contributed by atoms with Crippen LogP contribution in [0.5, 0.6) is 0 Å². The van der Waals surface area contributed by atoms with E-state index in [-0.39, 0.29) is 163 Å². The van der Waals surface area contributed by atoms with Crippen LogP contribution in [0.3, 0.4) is 0 Å². The summed E-state index contributed by atoms with van der Waals surface area (Å²) in [7, 11) is 0. The Kier molecular flexibility index (Phi) is 110. The molecular formula is C32H62Fe2N6O18Y2. The minimum atomic E-state index is -1.01. The first-order valence-corrected chi connectivity index (χ1v) is 15.9. The summed E-state index contributed by atoms with van der Waals surface area (Å²) in [4.78, 5) is 42.6. The van der Waals surface area contributed by atoms with Gasteiger partial charge in [-0.25, -0.2) is 0 Å². The third-order valence-corrected chi connectivity index (χ3v) is 4.10.